The predicted molar refractivity (Wildman–Crippen MR) is 89.3 cm³/mol. The maximum atomic E-state index is 6.36. The Labute approximate surface area is 131 Å². The van der Waals surface area contributed by atoms with E-state index in [2.05, 4.69) is 30.6 Å². The Kier molecular flexibility index (Phi) is 4.37. The van der Waals surface area contributed by atoms with Crippen LogP contribution in [0.3, 0.4) is 0 Å². The van der Waals surface area contributed by atoms with Crippen LogP contribution in [0.15, 0.2) is 0 Å². The molecule has 0 spiro atoms. The van der Waals surface area contributed by atoms with E-state index in [-0.39, 0.29) is 0 Å². The molecule has 2 N–H and O–H groups in total. The maximum absolute atomic E-state index is 6.36. The fraction of sp³-hybridized carbons (Fsp3) is 1.00. The molecule has 0 aromatic heterocycles. The van der Waals surface area contributed by atoms with Gasteiger partial charge in [-0.15, -0.1) is 0 Å². The van der Waals surface area contributed by atoms with Crippen LogP contribution in [-0.2, 0) is 0 Å². The van der Waals surface area contributed by atoms with Crippen LogP contribution < -0.4 is 5.73 Å². The molecule has 4 unspecified atom stereocenters. The number of nitrogens with two attached hydrogens (primary N) is 1. The number of piperidine rings is 1. The Balaban J connectivity index is 1.73. The van der Waals surface area contributed by atoms with Crippen molar-refractivity contribution < 1.29 is 0 Å². The lowest BCUT2D eigenvalue weighted by Crippen LogP contribution is -2.62. The van der Waals surface area contributed by atoms with Gasteiger partial charge in [-0.1, -0.05) is 20.8 Å². The van der Waals surface area contributed by atoms with Crippen molar-refractivity contribution in [2.75, 3.05) is 39.3 Å². The molecule has 0 aromatic rings. The summed E-state index contributed by atoms with van der Waals surface area (Å²) in [7, 11) is 0. The van der Waals surface area contributed by atoms with Gasteiger partial charge in [0.1, 0.15) is 0 Å². The van der Waals surface area contributed by atoms with E-state index in [4.69, 9.17) is 5.73 Å². The van der Waals surface area contributed by atoms with Crippen LogP contribution in [0.25, 0.3) is 0 Å². The van der Waals surface area contributed by atoms with Gasteiger partial charge in [-0.3, -0.25) is 4.90 Å². The molecule has 3 fully saturated rings. The third-order valence-corrected chi connectivity index (χ3v) is 6.83. The highest BCUT2D eigenvalue weighted by Gasteiger charge is 2.49. The van der Waals surface area contributed by atoms with Crippen molar-refractivity contribution in [1.82, 2.24) is 9.80 Å². The molecular formula is C18H35N3. The Morgan fingerprint density at radius 2 is 1.86 bits per heavy atom. The summed E-state index contributed by atoms with van der Waals surface area (Å²) in [5.74, 6) is 1.70. The molecule has 0 aromatic carbocycles. The molecule has 21 heavy (non-hydrogen) atoms. The van der Waals surface area contributed by atoms with Gasteiger partial charge in [0.2, 0.25) is 0 Å². The fourth-order valence-corrected chi connectivity index (χ4v) is 5.25. The third kappa shape index (κ3) is 2.89. The summed E-state index contributed by atoms with van der Waals surface area (Å²) in [6, 6.07) is 0. The standard InChI is InChI=1S/C18H35N3/c1-17(2,3)15-5-4-9-21(11-7-15)18(14-19)8-12-20-10-6-16(18)13-20/h15-16H,4-14,19H2,1-3H3. The number of hydrogen-bond acceptors (Lipinski definition) is 3. The Hall–Kier alpha value is -0.120. The number of likely N-dealkylation sites (tertiary alicyclic amines) is 1. The van der Waals surface area contributed by atoms with Crippen molar-refractivity contribution in [2.45, 2.75) is 58.4 Å². The number of hydrogen-bond donors (Lipinski definition) is 1. The van der Waals surface area contributed by atoms with Crippen LogP contribution in [0.2, 0.25) is 0 Å². The summed E-state index contributed by atoms with van der Waals surface area (Å²) in [6.07, 6.45) is 6.80. The first-order chi connectivity index (χ1) is 9.95. The second-order valence-corrected chi connectivity index (χ2v) is 8.82. The van der Waals surface area contributed by atoms with Gasteiger partial charge in [-0.25, -0.2) is 0 Å². The Morgan fingerprint density at radius 1 is 1.05 bits per heavy atom. The first kappa shape index (κ1) is 15.8. The Morgan fingerprint density at radius 3 is 2.57 bits per heavy atom. The molecule has 3 heterocycles. The molecule has 0 amide bonds. The van der Waals surface area contributed by atoms with Crippen LogP contribution in [-0.4, -0.2) is 54.6 Å². The van der Waals surface area contributed by atoms with Gasteiger partial charge in [0.15, 0.2) is 0 Å². The molecule has 0 aliphatic carbocycles. The summed E-state index contributed by atoms with van der Waals surface area (Å²) in [4.78, 5) is 5.47. The molecule has 0 radical (unpaired) electrons. The molecular weight excluding hydrogens is 258 g/mol. The monoisotopic (exact) mass is 293 g/mol. The fourth-order valence-electron chi connectivity index (χ4n) is 5.25. The largest absolute Gasteiger partial charge is 0.329 e. The second kappa shape index (κ2) is 5.82. The van der Waals surface area contributed by atoms with Gasteiger partial charge in [-0.2, -0.15) is 0 Å². The van der Waals surface area contributed by atoms with Crippen LogP contribution in [0.4, 0.5) is 0 Å². The first-order valence-corrected chi connectivity index (χ1v) is 9.13. The first-order valence-electron chi connectivity index (χ1n) is 9.13. The van der Waals surface area contributed by atoms with Crippen molar-refractivity contribution in [1.29, 1.82) is 0 Å². The average Bonchev–Trinajstić information content (AvgIpc) is 2.68. The van der Waals surface area contributed by atoms with Crippen molar-refractivity contribution in [2.24, 2.45) is 23.0 Å². The summed E-state index contributed by atoms with van der Waals surface area (Å²) in [6.45, 7) is 14.6. The normalized spacial score (nSPS) is 42.0. The second-order valence-electron chi connectivity index (χ2n) is 8.82. The van der Waals surface area contributed by atoms with Crippen molar-refractivity contribution in [3.63, 3.8) is 0 Å². The van der Waals surface area contributed by atoms with Gasteiger partial charge in [0.25, 0.3) is 0 Å². The van der Waals surface area contributed by atoms with E-state index < -0.39 is 0 Å². The van der Waals surface area contributed by atoms with Gasteiger partial charge < -0.3 is 10.6 Å². The van der Waals surface area contributed by atoms with Crippen molar-refractivity contribution >= 4 is 0 Å². The van der Waals surface area contributed by atoms with Crippen molar-refractivity contribution in [3.05, 3.63) is 0 Å². The molecule has 3 rings (SSSR count). The van der Waals surface area contributed by atoms with E-state index in [1.54, 1.807) is 0 Å². The molecule has 3 nitrogen and oxygen atoms in total. The molecule has 0 saturated carbocycles. The molecule has 3 aliphatic rings. The number of rotatable bonds is 2. The lowest BCUT2D eigenvalue weighted by molar-refractivity contribution is 0.00826. The summed E-state index contributed by atoms with van der Waals surface area (Å²) in [5.41, 5.74) is 7.14. The predicted octanol–water partition coefficient (Wildman–Crippen LogP) is 2.56. The quantitative estimate of drug-likeness (QED) is 0.849. The zero-order chi connectivity index (χ0) is 15.1. The minimum absolute atomic E-state index is 0.319. The van der Waals surface area contributed by atoms with Crippen molar-refractivity contribution in [3.8, 4) is 0 Å². The highest BCUT2D eigenvalue weighted by atomic mass is 15.3. The smallest absolute Gasteiger partial charge is 0.0384 e. The van der Waals surface area contributed by atoms with E-state index in [0.29, 0.717) is 11.0 Å². The molecule has 3 saturated heterocycles. The molecule has 3 aliphatic heterocycles. The van der Waals surface area contributed by atoms with Crippen LogP contribution in [0.1, 0.15) is 52.9 Å². The topological polar surface area (TPSA) is 32.5 Å². The zero-order valence-electron chi connectivity index (χ0n) is 14.4. The number of fused-ring (bicyclic) bond motifs is 2. The van der Waals surface area contributed by atoms with Gasteiger partial charge in [0.05, 0.1) is 0 Å². The highest BCUT2D eigenvalue weighted by Crippen LogP contribution is 2.42. The van der Waals surface area contributed by atoms with Crippen LogP contribution in [0.5, 0.6) is 0 Å². The summed E-state index contributed by atoms with van der Waals surface area (Å²) >= 11 is 0. The van der Waals surface area contributed by atoms with Gasteiger partial charge in [0, 0.05) is 18.6 Å². The number of nitrogens with zero attached hydrogens (tertiary/aromatic N) is 2. The zero-order valence-corrected chi connectivity index (χ0v) is 14.4. The van der Waals surface area contributed by atoms with Crippen LogP contribution in [0, 0.1) is 17.3 Å². The van der Waals surface area contributed by atoms with E-state index in [1.807, 2.05) is 0 Å². The molecule has 4 atom stereocenters. The van der Waals surface area contributed by atoms with E-state index in [1.165, 1.54) is 64.8 Å². The highest BCUT2D eigenvalue weighted by molar-refractivity contribution is 5.05. The molecule has 122 valence electrons. The molecule has 3 heteroatoms. The third-order valence-electron chi connectivity index (χ3n) is 6.83. The van der Waals surface area contributed by atoms with Gasteiger partial charge in [-0.05, 0) is 75.5 Å². The average molecular weight is 293 g/mol. The Bertz CT molecular complexity index is 362. The maximum Gasteiger partial charge on any atom is 0.0384 e. The lowest BCUT2D eigenvalue weighted by Gasteiger charge is -2.50. The van der Waals surface area contributed by atoms with Crippen LogP contribution >= 0.6 is 0 Å². The lowest BCUT2D eigenvalue weighted by atomic mass is 9.76. The summed E-state index contributed by atoms with van der Waals surface area (Å²) in [5, 5.41) is 0. The summed E-state index contributed by atoms with van der Waals surface area (Å²) < 4.78 is 0. The van der Waals surface area contributed by atoms with E-state index in [9.17, 15) is 0 Å². The minimum Gasteiger partial charge on any atom is -0.329 e. The minimum atomic E-state index is 0.319. The SMILES string of the molecule is CC(C)(C)C1CCCN(C2(CN)CCN3CCC2C3)CC1. The van der Waals surface area contributed by atoms with E-state index in [0.717, 1.165) is 18.4 Å². The van der Waals surface area contributed by atoms with E-state index >= 15 is 0 Å². The molecule has 2 bridgehead atoms. The van der Waals surface area contributed by atoms with Gasteiger partial charge >= 0.3 is 0 Å².